The molecular formula is C20H25N3O4S. The molecule has 0 saturated heterocycles. The fraction of sp³-hybridized carbons (Fsp3) is 0.300. The second-order valence-electron chi connectivity index (χ2n) is 6.62. The van der Waals surface area contributed by atoms with Crippen LogP contribution in [0.4, 0.5) is 5.69 Å². The number of carbonyl (C=O) groups is 2. The zero-order valence-electron chi connectivity index (χ0n) is 16.4. The number of likely N-dealkylation sites (N-methyl/N-ethyl adjacent to an activating group) is 1. The van der Waals surface area contributed by atoms with E-state index in [1.54, 1.807) is 36.4 Å². The minimum atomic E-state index is -3.79. The molecule has 2 amide bonds. The van der Waals surface area contributed by atoms with Crippen LogP contribution in [0.5, 0.6) is 0 Å². The van der Waals surface area contributed by atoms with E-state index in [1.807, 2.05) is 38.1 Å². The molecule has 7 nitrogen and oxygen atoms in total. The Morgan fingerprint density at radius 1 is 0.964 bits per heavy atom. The quantitative estimate of drug-likeness (QED) is 0.712. The molecule has 0 fully saturated rings. The molecule has 150 valence electrons. The molecule has 2 aromatic rings. The molecule has 1 atom stereocenters. The molecule has 0 spiro atoms. The Morgan fingerprint density at radius 2 is 1.54 bits per heavy atom. The lowest BCUT2D eigenvalue weighted by molar-refractivity contribution is -0.138. The summed E-state index contributed by atoms with van der Waals surface area (Å²) in [5.41, 5.74) is 2.40. The van der Waals surface area contributed by atoms with Gasteiger partial charge in [-0.1, -0.05) is 29.8 Å². The number of carbonyl (C=O) groups excluding carboxylic acids is 2. The molecule has 0 aliphatic carbocycles. The van der Waals surface area contributed by atoms with E-state index in [2.05, 4.69) is 10.6 Å². The molecule has 28 heavy (non-hydrogen) atoms. The van der Waals surface area contributed by atoms with Crippen molar-refractivity contribution in [2.45, 2.75) is 17.1 Å². The highest BCUT2D eigenvalue weighted by Crippen LogP contribution is 2.30. The molecule has 0 unspecified atom stereocenters. The average Bonchev–Trinajstić information content (AvgIpc) is 2.67. The van der Waals surface area contributed by atoms with Crippen LogP contribution in [0.25, 0.3) is 0 Å². The van der Waals surface area contributed by atoms with Crippen molar-refractivity contribution in [3.05, 3.63) is 59.7 Å². The molecule has 0 aromatic heterocycles. The zero-order chi connectivity index (χ0) is 20.9. The number of hydrogen-bond acceptors (Lipinski definition) is 5. The number of benzene rings is 2. The Kier molecular flexibility index (Phi) is 6.80. The number of anilines is 1. The van der Waals surface area contributed by atoms with Crippen LogP contribution in [0.1, 0.15) is 16.4 Å². The maximum Gasteiger partial charge on any atom is 0.309 e. The van der Waals surface area contributed by atoms with E-state index in [9.17, 15) is 18.0 Å². The monoisotopic (exact) mass is 403 g/mol. The Hall–Kier alpha value is -2.87. The summed E-state index contributed by atoms with van der Waals surface area (Å²) < 4.78 is 26.5. The molecule has 0 aliphatic heterocycles. The number of nitrogens with one attached hydrogen (secondary N) is 2. The fourth-order valence-corrected chi connectivity index (χ4v) is 4.33. The number of aryl methyl sites for hydroxylation is 1. The van der Waals surface area contributed by atoms with E-state index in [-0.39, 0.29) is 11.4 Å². The van der Waals surface area contributed by atoms with Crippen molar-refractivity contribution < 1.29 is 18.0 Å². The van der Waals surface area contributed by atoms with Gasteiger partial charge in [-0.05, 0) is 36.8 Å². The number of sulfone groups is 1. The third-order valence-electron chi connectivity index (χ3n) is 4.39. The van der Waals surface area contributed by atoms with Gasteiger partial charge >= 0.3 is 11.8 Å². The van der Waals surface area contributed by atoms with Crippen molar-refractivity contribution in [3.8, 4) is 0 Å². The number of rotatable bonds is 6. The first-order valence-corrected chi connectivity index (χ1v) is 10.3. The standard InChI is InChI=1S/C20H25N3O4S/c1-14-5-11-17(12-6-14)28(26,27)18(13-22-20(25)19(24)21-2)15-7-9-16(10-8-15)23(3)4/h5-12,18H,13H2,1-4H3,(H,21,24)(H,22,25)/t18-/m1/s1. The molecule has 2 aromatic carbocycles. The van der Waals surface area contributed by atoms with Gasteiger partial charge in [0.1, 0.15) is 5.25 Å². The average molecular weight is 404 g/mol. The summed E-state index contributed by atoms with van der Waals surface area (Å²) in [4.78, 5) is 25.4. The topological polar surface area (TPSA) is 95.6 Å². The van der Waals surface area contributed by atoms with Crippen LogP contribution >= 0.6 is 0 Å². The van der Waals surface area contributed by atoms with Gasteiger partial charge in [0.05, 0.1) is 4.90 Å². The first kappa shape index (κ1) is 21.4. The van der Waals surface area contributed by atoms with Crippen molar-refractivity contribution in [1.82, 2.24) is 10.6 Å². The molecule has 0 saturated carbocycles. The Bertz CT molecular complexity index is 936. The summed E-state index contributed by atoms with van der Waals surface area (Å²) >= 11 is 0. The smallest absolute Gasteiger partial charge is 0.309 e. The Labute approximate surface area is 165 Å². The van der Waals surface area contributed by atoms with Gasteiger partial charge in [0.15, 0.2) is 9.84 Å². The van der Waals surface area contributed by atoms with Gasteiger partial charge in [-0.3, -0.25) is 9.59 Å². The van der Waals surface area contributed by atoms with Crippen molar-refractivity contribution >= 4 is 27.3 Å². The number of amides is 2. The maximum absolute atomic E-state index is 13.3. The molecule has 0 aliphatic rings. The van der Waals surface area contributed by atoms with E-state index >= 15 is 0 Å². The van der Waals surface area contributed by atoms with E-state index in [0.717, 1.165) is 11.3 Å². The third-order valence-corrected chi connectivity index (χ3v) is 6.50. The summed E-state index contributed by atoms with van der Waals surface area (Å²) in [6, 6.07) is 13.6. The highest BCUT2D eigenvalue weighted by molar-refractivity contribution is 7.91. The van der Waals surface area contributed by atoms with Gasteiger partial charge in [0, 0.05) is 33.4 Å². The lowest BCUT2D eigenvalue weighted by Gasteiger charge is -2.20. The van der Waals surface area contributed by atoms with Crippen LogP contribution in [-0.4, -0.2) is 47.9 Å². The highest BCUT2D eigenvalue weighted by Gasteiger charge is 2.30. The summed E-state index contributed by atoms with van der Waals surface area (Å²) in [6.45, 7) is 1.65. The van der Waals surface area contributed by atoms with Crippen LogP contribution in [0.3, 0.4) is 0 Å². The van der Waals surface area contributed by atoms with Crippen LogP contribution in [-0.2, 0) is 19.4 Å². The van der Waals surface area contributed by atoms with Crippen LogP contribution in [0.2, 0.25) is 0 Å². The normalized spacial score (nSPS) is 12.1. The van der Waals surface area contributed by atoms with Crippen LogP contribution in [0, 0.1) is 6.92 Å². The van der Waals surface area contributed by atoms with E-state index in [1.165, 1.54) is 7.05 Å². The Balaban J connectivity index is 2.41. The third kappa shape index (κ3) is 4.89. The SMILES string of the molecule is CNC(=O)C(=O)NC[C@H](c1ccc(N(C)C)cc1)S(=O)(=O)c1ccc(C)cc1. The lowest BCUT2D eigenvalue weighted by Crippen LogP contribution is -2.41. The van der Waals surface area contributed by atoms with Gasteiger partial charge in [0.25, 0.3) is 0 Å². The summed E-state index contributed by atoms with van der Waals surface area (Å²) in [7, 11) is 1.32. The van der Waals surface area contributed by atoms with Crippen LogP contribution < -0.4 is 15.5 Å². The minimum absolute atomic E-state index is 0.161. The van der Waals surface area contributed by atoms with E-state index in [4.69, 9.17) is 0 Å². The van der Waals surface area contributed by atoms with Gasteiger partial charge < -0.3 is 15.5 Å². The summed E-state index contributed by atoms with van der Waals surface area (Å²) in [6.07, 6.45) is 0. The first-order valence-electron chi connectivity index (χ1n) is 8.74. The second kappa shape index (κ2) is 8.88. The molecule has 0 heterocycles. The lowest BCUT2D eigenvalue weighted by atomic mass is 10.1. The van der Waals surface area contributed by atoms with E-state index in [0.29, 0.717) is 5.56 Å². The molecule has 0 radical (unpaired) electrons. The second-order valence-corrected chi connectivity index (χ2v) is 8.75. The maximum atomic E-state index is 13.3. The molecule has 8 heteroatoms. The van der Waals surface area contributed by atoms with Crippen molar-refractivity contribution in [2.24, 2.45) is 0 Å². The summed E-state index contributed by atoms with van der Waals surface area (Å²) in [5.74, 6) is -1.70. The zero-order valence-corrected chi connectivity index (χ0v) is 17.2. The predicted octanol–water partition coefficient (Wildman–Crippen LogP) is 1.44. The highest BCUT2D eigenvalue weighted by atomic mass is 32.2. The summed E-state index contributed by atoms with van der Waals surface area (Å²) in [5, 5.41) is 3.61. The first-order chi connectivity index (χ1) is 13.2. The predicted molar refractivity (Wildman–Crippen MR) is 109 cm³/mol. The van der Waals surface area contributed by atoms with Crippen molar-refractivity contribution in [1.29, 1.82) is 0 Å². The van der Waals surface area contributed by atoms with Gasteiger partial charge in [-0.15, -0.1) is 0 Å². The molecule has 2 rings (SSSR count). The van der Waals surface area contributed by atoms with Gasteiger partial charge in [0.2, 0.25) is 0 Å². The largest absolute Gasteiger partial charge is 0.378 e. The van der Waals surface area contributed by atoms with Crippen molar-refractivity contribution in [2.75, 3.05) is 32.6 Å². The fourth-order valence-electron chi connectivity index (χ4n) is 2.67. The van der Waals surface area contributed by atoms with Gasteiger partial charge in [-0.25, -0.2) is 8.42 Å². The van der Waals surface area contributed by atoms with E-state index < -0.39 is 26.9 Å². The molecule has 2 N–H and O–H groups in total. The number of hydrogen-bond donors (Lipinski definition) is 2. The minimum Gasteiger partial charge on any atom is -0.378 e. The molecular weight excluding hydrogens is 378 g/mol. The van der Waals surface area contributed by atoms with Crippen LogP contribution in [0.15, 0.2) is 53.4 Å². The molecule has 0 bridgehead atoms. The van der Waals surface area contributed by atoms with Gasteiger partial charge in [-0.2, -0.15) is 0 Å². The Morgan fingerprint density at radius 3 is 2.04 bits per heavy atom. The number of nitrogens with zero attached hydrogens (tertiary/aromatic N) is 1. The van der Waals surface area contributed by atoms with Crippen molar-refractivity contribution in [3.63, 3.8) is 0 Å².